The van der Waals surface area contributed by atoms with Crippen LogP contribution in [0.25, 0.3) is 0 Å². The largest absolute Gasteiger partial charge is 0.0625 e. The Balaban J connectivity index is 0.00000128. The molecule has 0 bridgehead atoms. The van der Waals surface area contributed by atoms with Crippen molar-refractivity contribution < 1.29 is 1.43 Å². The van der Waals surface area contributed by atoms with Gasteiger partial charge in [-0.1, -0.05) is 65.2 Å². The lowest BCUT2D eigenvalue weighted by molar-refractivity contribution is 0.201. The highest BCUT2D eigenvalue weighted by atomic mass is 14.3. The summed E-state index contributed by atoms with van der Waals surface area (Å²) in [6.07, 6.45) is 13.7. The minimum atomic E-state index is 0. The molecule has 3 radical (unpaired) electrons. The summed E-state index contributed by atoms with van der Waals surface area (Å²) >= 11 is 0. The van der Waals surface area contributed by atoms with Gasteiger partial charge in [-0.05, 0) is 30.1 Å². The third-order valence-corrected chi connectivity index (χ3v) is 4.94. The first-order valence-corrected chi connectivity index (χ1v) is 7.24. The molecule has 0 atom stereocenters. The molecule has 0 saturated heterocycles. The van der Waals surface area contributed by atoms with E-state index in [2.05, 4.69) is 13.8 Å². The highest BCUT2D eigenvalue weighted by Crippen LogP contribution is 2.37. The van der Waals surface area contributed by atoms with Crippen LogP contribution in [0.5, 0.6) is 0 Å². The van der Waals surface area contributed by atoms with Crippen LogP contribution in [0.4, 0.5) is 0 Å². The zero-order chi connectivity index (χ0) is 10.7. The lowest BCUT2D eigenvalue weighted by atomic mass is 9.74. The van der Waals surface area contributed by atoms with Gasteiger partial charge < -0.3 is 0 Å². The van der Waals surface area contributed by atoms with Gasteiger partial charge in [0.25, 0.3) is 0 Å². The predicted octanol–water partition coefficient (Wildman–Crippen LogP) is 4.89. The van der Waals surface area contributed by atoms with E-state index in [1.165, 1.54) is 51.4 Å². The van der Waals surface area contributed by atoms with Crippen LogP contribution in [0.3, 0.4) is 0 Å². The molecular weight excluding hydrogens is 191 g/mol. The maximum atomic E-state index is 2.43. The van der Waals surface area contributed by atoms with Crippen LogP contribution in [0.1, 0.15) is 73.1 Å². The molecule has 0 aliphatic heterocycles. The average Bonchev–Trinajstić information content (AvgIpc) is 2.25. The summed E-state index contributed by atoms with van der Waals surface area (Å²) in [4.78, 5) is 0. The van der Waals surface area contributed by atoms with E-state index < -0.39 is 0 Å². The smallest absolute Gasteiger partial charge is 0 e. The molecule has 2 aliphatic rings. The molecule has 0 spiro atoms. The highest BCUT2D eigenvalue weighted by molar-refractivity contribution is 5.75. The van der Waals surface area contributed by atoms with Gasteiger partial charge in [-0.25, -0.2) is 0 Å². The Morgan fingerprint density at radius 2 is 1.00 bits per heavy atom. The van der Waals surface area contributed by atoms with Gasteiger partial charge in [0, 0.05) is 9.84 Å². The van der Waals surface area contributed by atoms with Crippen molar-refractivity contribution in [1.82, 2.24) is 0 Å². The van der Waals surface area contributed by atoms with E-state index in [0.717, 1.165) is 23.7 Å². The van der Waals surface area contributed by atoms with Gasteiger partial charge in [0.1, 0.15) is 0 Å². The Kier molecular flexibility index (Phi) is 5.93. The van der Waals surface area contributed by atoms with Crippen LogP contribution in [-0.2, 0) is 0 Å². The monoisotopic (exact) mass is 221 g/mol. The lowest BCUT2D eigenvalue weighted by Crippen LogP contribution is -2.19. The van der Waals surface area contributed by atoms with Crippen molar-refractivity contribution >= 4 is 8.41 Å². The van der Waals surface area contributed by atoms with E-state index in [4.69, 9.17) is 0 Å². The molecule has 93 valence electrons. The minimum absolute atomic E-state index is 0. The standard InChI is InChI=1S/C15H28.B.H2/c1-12-3-7-14(8-4-12)11-15-9-5-13(2)6-10-15;;/h12-15H,3-11H2,1-2H3;;1H. The molecule has 0 aromatic rings. The molecule has 0 amide bonds. The zero-order valence-corrected chi connectivity index (χ0v) is 11.3. The summed E-state index contributed by atoms with van der Waals surface area (Å²) in [6, 6.07) is 0. The van der Waals surface area contributed by atoms with Gasteiger partial charge in [-0.2, -0.15) is 0 Å². The molecule has 0 aromatic heterocycles. The predicted molar refractivity (Wildman–Crippen MR) is 74.7 cm³/mol. The summed E-state index contributed by atoms with van der Waals surface area (Å²) in [7, 11) is 0. The summed E-state index contributed by atoms with van der Waals surface area (Å²) in [5.74, 6) is 4.24. The van der Waals surface area contributed by atoms with Gasteiger partial charge in [-0.15, -0.1) is 0 Å². The van der Waals surface area contributed by atoms with Crippen molar-refractivity contribution in [3.05, 3.63) is 0 Å². The first kappa shape index (κ1) is 14.1. The van der Waals surface area contributed by atoms with E-state index in [1.54, 1.807) is 6.42 Å². The van der Waals surface area contributed by atoms with E-state index in [0.29, 0.717) is 0 Å². The fraction of sp³-hybridized carbons (Fsp3) is 1.00. The van der Waals surface area contributed by atoms with Crippen LogP contribution in [-0.4, -0.2) is 8.41 Å². The third kappa shape index (κ3) is 4.15. The molecular formula is C15H30B. The fourth-order valence-corrected chi connectivity index (χ4v) is 3.60. The third-order valence-electron chi connectivity index (χ3n) is 4.94. The number of rotatable bonds is 2. The van der Waals surface area contributed by atoms with Crippen molar-refractivity contribution in [2.24, 2.45) is 23.7 Å². The average molecular weight is 221 g/mol. The lowest BCUT2D eigenvalue weighted by Gasteiger charge is -2.32. The van der Waals surface area contributed by atoms with Crippen LogP contribution >= 0.6 is 0 Å². The minimum Gasteiger partial charge on any atom is -0.0625 e. The van der Waals surface area contributed by atoms with Crippen LogP contribution in [0.15, 0.2) is 0 Å². The second kappa shape index (κ2) is 6.72. The molecule has 1 heteroatoms. The van der Waals surface area contributed by atoms with Crippen molar-refractivity contribution in [2.45, 2.75) is 71.6 Å². The van der Waals surface area contributed by atoms with Gasteiger partial charge >= 0.3 is 0 Å². The molecule has 2 rings (SSSR count). The highest BCUT2D eigenvalue weighted by Gasteiger charge is 2.24. The summed E-state index contributed by atoms with van der Waals surface area (Å²) < 4.78 is 0. The summed E-state index contributed by atoms with van der Waals surface area (Å²) in [5, 5.41) is 0. The van der Waals surface area contributed by atoms with Crippen LogP contribution in [0, 0.1) is 23.7 Å². The van der Waals surface area contributed by atoms with Crippen LogP contribution < -0.4 is 0 Å². The maximum Gasteiger partial charge on any atom is 0 e. The first-order chi connectivity index (χ1) is 7.24. The zero-order valence-electron chi connectivity index (χ0n) is 11.3. The summed E-state index contributed by atoms with van der Waals surface area (Å²) in [6.45, 7) is 4.86. The Bertz CT molecular complexity index is 159. The molecule has 2 fully saturated rings. The summed E-state index contributed by atoms with van der Waals surface area (Å²) in [5.41, 5.74) is 0. The van der Waals surface area contributed by atoms with Gasteiger partial charge in [0.15, 0.2) is 0 Å². The van der Waals surface area contributed by atoms with Crippen molar-refractivity contribution in [2.75, 3.05) is 0 Å². The molecule has 2 aliphatic carbocycles. The quantitative estimate of drug-likeness (QED) is 0.582. The van der Waals surface area contributed by atoms with E-state index in [1.807, 2.05) is 0 Å². The fourth-order valence-electron chi connectivity index (χ4n) is 3.60. The molecule has 0 heterocycles. The van der Waals surface area contributed by atoms with Crippen LogP contribution in [0.2, 0.25) is 0 Å². The van der Waals surface area contributed by atoms with Crippen molar-refractivity contribution in [3.63, 3.8) is 0 Å². The molecule has 0 unspecified atom stereocenters. The Morgan fingerprint density at radius 1 is 0.688 bits per heavy atom. The molecule has 0 nitrogen and oxygen atoms in total. The Morgan fingerprint density at radius 3 is 1.31 bits per heavy atom. The van der Waals surface area contributed by atoms with Crippen molar-refractivity contribution in [3.8, 4) is 0 Å². The number of hydrogen-bond donors (Lipinski definition) is 0. The molecule has 2 saturated carbocycles. The van der Waals surface area contributed by atoms with Gasteiger partial charge in [-0.3, -0.25) is 0 Å². The van der Waals surface area contributed by atoms with Crippen molar-refractivity contribution in [1.29, 1.82) is 0 Å². The number of hydrogen-bond acceptors (Lipinski definition) is 0. The Hall–Kier alpha value is 0.0649. The van der Waals surface area contributed by atoms with E-state index in [9.17, 15) is 0 Å². The van der Waals surface area contributed by atoms with E-state index in [-0.39, 0.29) is 9.84 Å². The molecule has 0 N–H and O–H groups in total. The molecule has 0 aromatic carbocycles. The normalized spacial score (nSPS) is 40.1. The van der Waals surface area contributed by atoms with Gasteiger partial charge in [0.2, 0.25) is 0 Å². The topological polar surface area (TPSA) is 0 Å². The maximum absolute atomic E-state index is 2.43. The molecule has 16 heavy (non-hydrogen) atoms. The SMILES string of the molecule is CC1CCC(CC2CCC(C)CC2)CC1.[B].[HH]. The second-order valence-electron chi connectivity index (χ2n) is 6.49. The second-order valence-corrected chi connectivity index (χ2v) is 6.49. The van der Waals surface area contributed by atoms with E-state index >= 15 is 0 Å². The Labute approximate surface area is 106 Å². The van der Waals surface area contributed by atoms with Gasteiger partial charge in [0.05, 0.1) is 0 Å². The first-order valence-electron chi connectivity index (χ1n) is 7.24.